The van der Waals surface area contributed by atoms with Crippen LogP contribution in [0.4, 0.5) is 0 Å². The van der Waals surface area contributed by atoms with Crippen molar-refractivity contribution in [3.8, 4) is 0 Å². The van der Waals surface area contributed by atoms with Gasteiger partial charge in [-0.05, 0) is 45.4 Å². The van der Waals surface area contributed by atoms with E-state index in [1.807, 2.05) is 38.6 Å². The van der Waals surface area contributed by atoms with Crippen molar-refractivity contribution in [3.05, 3.63) is 12.2 Å². The van der Waals surface area contributed by atoms with Gasteiger partial charge in [0.25, 0.3) is 0 Å². The zero-order chi connectivity index (χ0) is 11.3. The van der Waals surface area contributed by atoms with E-state index >= 15 is 0 Å². The molecule has 0 N–H and O–H groups in total. The maximum absolute atomic E-state index is 11.7. The minimum Gasteiger partial charge on any atom is -0.457 e. The second kappa shape index (κ2) is 5.59. The van der Waals surface area contributed by atoms with Crippen molar-refractivity contribution in [1.29, 1.82) is 0 Å². The summed E-state index contributed by atoms with van der Waals surface area (Å²) < 4.78 is 5.44. The molecule has 1 aliphatic heterocycles. The SMILES string of the molecule is CC(C)(C)C(=O)OC1/C=C\CCCSC1. The van der Waals surface area contributed by atoms with Crippen LogP contribution in [0.2, 0.25) is 0 Å². The summed E-state index contributed by atoms with van der Waals surface area (Å²) in [4.78, 5) is 11.7. The van der Waals surface area contributed by atoms with Gasteiger partial charge in [0, 0.05) is 5.75 Å². The van der Waals surface area contributed by atoms with E-state index in [0.717, 1.165) is 17.9 Å². The molecule has 0 fully saturated rings. The number of carbonyl (C=O) groups is 1. The largest absolute Gasteiger partial charge is 0.457 e. The van der Waals surface area contributed by atoms with E-state index in [4.69, 9.17) is 4.74 Å². The van der Waals surface area contributed by atoms with Crippen LogP contribution in [0.5, 0.6) is 0 Å². The second-order valence-corrected chi connectivity index (χ2v) is 5.99. The van der Waals surface area contributed by atoms with E-state index in [1.165, 1.54) is 6.42 Å². The summed E-state index contributed by atoms with van der Waals surface area (Å²) in [6.45, 7) is 5.65. The number of esters is 1. The predicted octanol–water partition coefficient (Wildman–Crippen LogP) is 3.03. The number of carbonyl (C=O) groups excluding carboxylic acids is 1. The Bertz CT molecular complexity index is 240. The third-order valence-corrected chi connectivity index (χ3v) is 3.30. The van der Waals surface area contributed by atoms with Crippen LogP contribution in [0, 0.1) is 5.41 Å². The molecule has 0 aliphatic carbocycles. The highest BCUT2D eigenvalue weighted by atomic mass is 32.2. The lowest BCUT2D eigenvalue weighted by molar-refractivity contribution is -0.155. The number of rotatable bonds is 1. The van der Waals surface area contributed by atoms with Gasteiger partial charge in [-0.15, -0.1) is 0 Å². The van der Waals surface area contributed by atoms with E-state index in [9.17, 15) is 4.79 Å². The van der Waals surface area contributed by atoms with Crippen molar-refractivity contribution in [1.82, 2.24) is 0 Å². The van der Waals surface area contributed by atoms with Gasteiger partial charge in [-0.2, -0.15) is 11.8 Å². The van der Waals surface area contributed by atoms with Crippen LogP contribution >= 0.6 is 11.8 Å². The van der Waals surface area contributed by atoms with Gasteiger partial charge in [-0.1, -0.05) is 6.08 Å². The molecular weight excluding hydrogens is 208 g/mol. The Labute approximate surface area is 96.5 Å². The first-order valence-corrected chi connectivity index (χ1v) is 6.61. The molecule has 0 amide bonds. The van der Waals surface area contributed by atoms with E-state index in [1.54, 1.807) is 0 Å². The van der Waals surface area contributed by atoms with Crippen molar-refractivity contribution >= 4 is 17.7 Å². The first-order chi connectivity index (χ1) is 7.00. The average Bonchev–Trinajstić information content (AvgIpc) is 2.07. The molecule has 0 aromatic rings. The van der Waals surface area contributed by atoms with Crippen LogP contribution in [0.1, 0.15) is 33.6 Å². The highest BCUT2D eigenvalue weighted by molar-refractivity contribution is 7.99. The maximum atomic E-state index is 11.7. The first kappa shape index (κ1) is 12.6. The lowest BCUT2D eigenvalue weighted by atomic mass is 9.97. The Balaban J connectivity index is 2.48. The Kier molecular flexibility index (Phi) is 4.71. The number of allylic oxidation sites excluding steroid dienone is 1. The molecule has 1 atom stereocenters. The topological polar surface area (TPSA) is 26.3 Å². The smallest absolute Gasteiger partial charge is 0.311 e. The number of hydrogen-bond donors (Lipinski definition) is 0. The average molecular weight is 228 g/mol. The normalized spacial score (nSPS) is 25.1. The molecule has 1 rings (SSSR count). The van der Waals surface area contributed by atoms with Crippen LogP contribution < -0.4 is 0 Å². The van der Waals surface area contributed by atoms with Crippen LogP contribution in [-0.4, -0.2) is 23.6 Å². The lowest BCUT2D eigenvalue weighted by Crippen LogP contribution is -2.28. The Morgan fingerprint density at radius 1 is 1.47 bits per heavy atom. The molecule has 0 spiro atoms. The van der Waals surface area contributed by atoms with Crippen molar-refractivity contribution in [2.45, 2.75) is 39.7 Å². The molecule has 1 heterocycles. The van der Waals surface area contributed by atoms with Crippen LogP contribution in [0.25, 0.3) is 0 Å². The third-order valence-electron chi connectivity index (χ3n) is 2.16. The highest BCUT2D eigenvalue weighted by Crippen LogP contribution is 2.20. The molecule has 0 bridgehead atoms. The molecule has 86 valence electrons. The van der Waals surface area contributed by atoms with Crippen molar-refractivity contribution in [2.75, 3.05) is 11.5 Å². The van der Waals surface area contributed by atoms with Gasteiger partial charge in [0.15, 0.2) is 0 Å². The minimum atomic E-state index is -0.402. The van der Waals surface area contributed by atoms with E-state index in [2.05, 4.69) is 6.08 Å². The fraction of sp³-hybridized carbons (Fsp3) is 0.750. The van der Waals surface area contributed by atoms with Gasteiger partial charge in [0.05, 0.1) is 5.41 Å². The van der Waals surface area contributed by atoms with Gasteiger partial charge in [-0.3, -0.25) is 4.79 Å². The van der Waals surface area contributed by atoms with Gasteiger partial charge in [0.1, 0.15) is 6.10 Å². The summed E-state index contributed by atoms with van der Waals surface area (Å²) in [7, 11) is 0. The number of hydrogen-bond acceptors (Lipinski definition) is 3. The maximum Gasteiger partial charge on any atom is 0.311 e. The predicted molar refractivity (Wildman–Crippen MR) is 65.0 cm³/mol. The molecule has 3 heteroatoms. The summed E-state index contributed by atoms with van der Waals surface area (Å²) >= 11 is 1.86. The van der Waals surface area contributed by atoms with E-state index in [0.29, 0.717) is 0 Å². The summed E-state index contributed by atoms with van der Waals surface area (Å²) in [6, 6.07) is 0. The van der Waals surface area contributed by atoms with Gasteiger partial charge < -0.3 is 4.74 Å². The highest BCUT2D eigenvalue weighted by Gasteiger charge is 2.25. The lowest BCUT2D eigenvalue weighted by Gasteiger charge is -2.22. The summed E-state index contributed by atoms with van der Waals surface area (Å²) in [5.41, 5.74) is -0.402. The molecule has 1 unspecified atom stereocenters. The zero-order valence-corrected chi connectivity index (χ0v) is 10.6. The molecule has 15 heavy (non-hydrogen) atoms. The van der Waals surface area contributed by atoms with Crippen LogP contribution in [0.15, 0.2) is 12.2 Å². The van der Waals surface area contributed by atoms with Gasteiger partial charge >= 0.3 is 5.97 Å². The van der Waals surface area contributed by atoms with Gasteiger partial charge in [-0.25, -0.2) is 0 Å². The minimum absolute atomic E-state index is 0.0398. The Morgan fingerprint density at radius 3 is 2.87 bits per heavy atom. The van der Waals surface area contributed by atoms with E-state index < -0.39 is 5.41 Å². The van der Waals surface area contributed by atoms with E-state index in [-0.39, 0.29) is 12.1 Å². The number of thioether (sulfide) groups is 1. The molecule has 0 saturated heterocycles. The summed E-state index contributed by atoms with van der Waals surface area (Å²) in [6.07, 6.45) is 6.43. The summed E-state index contributed by atoms with van der Waals surface area (Å²) in [5.74, 6) is 1.94. The molecule has 0 saturated carbocycles. The van der Waals surface area contributed by atoms with Crippen molar-refractivity contribution in [3.63, 3.8) is 0 Å². The zero-order valence-electron chi connectivity index (χ0n) is 9.79. The molecule has 0 radical (unpaired) electrons. The second-order valence-electron chi connectivity index (χ2n) is 4.84. The Hall–Kier alpha value is -0.440. The van der Waals surface area contributed by atoms with Gasteiger partial charge in [0.2, 0.25) is 0 Å². The molecule has 0 aromatic heterocycles. The van der Waals surface area contributed by atoms with Crippen LogP contribution in [-0.2, 0) is 9.53 Å². The third kappa shape index (κ3) is 4.74. The van der Waals surface area contributed by atoms with Crippen molar-refractivity contribution in [2.24, 2.45) is 5.41 Å². The summed E-state index contributed by atoms with van der Waals surface area (Å²) in [5, 5.41) is 0. The number of ether oxygens (including phenoxy) is 1. The fourth-order valence-electron chi connectivity index (χ4n) is 1.19. The standard InChI is InChI=1S/C12H20O2S/c1-12(2,3)11(13)14-10-7-5-4-6-8-15-9-10/h5,7,10H,4,6,8-9H2,1-3H3/b7-5-. The first-order valence-electron chi connectivity index (χ1n) is 5.45. The molecule has 1 aliphatic rings. The monoisotopic (exact) mass is 228 g/mol. The molecule has 0 aromatic carbocycles. The Morgan fingerprint density at radius 2 is 2.20 bits per heavy atom. The molecular formula is C12H20O2S. The molecule has 2 nitrogen and oxygen atoms in total. The van der Waals surface area contributed by atoms with Crippen molar-refractivity contribution < 1.29 is 9.53 Å². The fourth-order valence-corrected chi connectivity index (χ4v) is 2.14. The van der Waals surface area contributed by atoms with Crippen LogP contribution in [0.3, 0.4) is 0 Å². The quantitative estimate of drug-likeness (QED) is 0.510.